The van der Waals surface area contributed by atoms with E-state index in [-0.39, 0.29) is 12.4 Å². The molecule has 58 valence electrons. The fraction of sp³-hybridized carbons (Fsp3) is 0. The van der Waals surface area contributed by atoms with Crippen LogP contribution in [-0.2, 0) is 0 Å². The molecule has 1 aromatic heterocycles. The zero-order valence-corrected chi connectivity index (χ0v) is 6.69. The van der Waals surface area contributed by atoms with E-state index < -0.39 is 0 Å². The highest BCUT2D eigenvalue weighted by atomic mass is 35.5. The quantitative estimate of drug-likeness (QED) is 0.582. The fourth-order valence-corrected chi connectivity index (χ4v) is 1.07. The van der Waals surface area contributed by atoms with Crippen molar-refractivity contribution in [1.29, 1.82) is 0 Å². The van der Waals surface area contributed by atoms with E-state index in [1.807, 2.05) is 30.6 Å². The van der Waals surface area contributed by atoms with Crippen LogP contribution < -0.4 is 5.73 Å². The van der Waals surface area contributed by atoms with Gasteiger partial charge in [0.1, 0.15) is 0 Å². The van der Waals surface area contributed by atoms with Crippen molar-refractivity contribution < 1.29 is 0 Å². The second-order valence-electron chi connectivity index (χ2n) is 2.34. The fourth-order valence-electron chi connectivity index (χ4n) is 1.07. The molecular weight excluding hydrogens is 160 g/mol. The number of halogens is 1. The van der Waals surface area contributed by atoms with Crippen LogP contribution >= 0.6 is 12.4 Å². The molecule has 0 aliphatic rings. The van der Waals surface area contributed by atoms with Crippen molar-refractivity contribution in [2.75, 3.05) is 5.73 Å². The van der Waals surface area contributed by atoms with Gasteiger partial charge in [-0.3, -0.25) is 0 Å². The van der Waals surface area contributed by atoms with E-state index in [2.05, 4.69) is 4.98 Å². The molecule has 11 heavy (non-hydrogen) atoms. The average Bonchev–Trinajstić information content (AvgIpc) is 2.33. The molecule has 0 aliphatic carbocycles. The van der Waals surface area contributed by atoms with Crippen LogP contribution in [0.5, 0.6) is 0 Å². The van der Waals surface area contributed by atoms with Gasteiger partial charge in [-0.1, -0.05) is 6.07 Å². The third kappa shape index (κ3) is 1.30. The van der Waals surface area contributed by atoms with Gasteiger partial charge in [0.05, 0.1) is 0 Å². The predicted molar refractivity (Wildman–Crippen MR) is 50.0 cm³/mol. The zero-order valence-electron chi connectivity index (χ0n) is 5.87. The van der Waals surface area contributed by atoms with Crippen LogP contribution in [0.3, 0.4) is 0 Å². The number of fused-ring (bicyclic) bond motifs is 1. The molecule has 0 spiro atoms. The summed E-state index contributed by atoms with van der Waals surface area (Å²) >= 11 is 0. The van der Waals surface area contributed by atoms with E-state index in [0.717, 1.165) is 5.69 Å². The molecule has 2 aromatic rings. The minimum absolute atomic E-state index is 0. The summed E-state index contributed by atoms with van der Waals surface area (Å²) in [6.07, 6.45) is 3.89. The van der Waals surface area contributed by atoms with E-state index in [0.29, 0.717) is 0 Å². The summed E-state index contributed by atoms with van der Waals surface area (Å²) in [6, 6.07) is 5.85. The van der Waals surface area contributed by atoms with Gasteiger partial charge in [-0.05, 0) is 17.5 Å². The maximum absolute atomic E-state index is 5.57. The van der Waals surface area contributed by atoms with E-state index in [9.17, 15) is 0 Å². The largest absolute Gasteiger partial charge is 0.399 e. The van der Waals surface area contributed by atoms with Crippen molar-refractivity contribution in [3.05, 3.63) is 30.6 Å². The van der Waals surface area contributed by atoms with Gasteiger partial charge in [0.2, 0.25) is 0 Å². The minimum Gasteiger partial charge on any atom is -0.399 e. The van der Waals surface area contributed by atoms with Crippen LogP contribution in [-0.4, -0.2) is 4.98 Å². The number of anilines is 1. The molecule has 0 aliphatic heterocycles. The maximum Gasteiger partial charge on any atom is 0.0320 e. The summed E-state index contributed by atoms with van der Waals surface area (Å²) in [5.41, 5.74) is 6.38. The molecule has 0 bridgehead atoms. The predicted octanol–water partition coefficient (Wildman–Crippen LogP) is 2.17. The second-order valence-corrected chi connectivity index (χ2v) is 2.34. The van der Waals surface area contributed by atoms with Crippen molar-refractivity contribution >= 4 is 28.9 Å². The standard InChI is InChI=1S/C8H8N2.ClH/c9-8-2-1-6-4-10-5-7(6)3-8;/h1-5,10H,9H2;1H. The van der Waals surface area contributed by atoms with Gasteiger partial charge >= 0.3 is 0 Å². The summed E-state index contributed by atoms with van der Waals surface area (Å²) in [7, 11) is 0. The zero-order chi connectivity index (χ0) is 6.97. The number of hydrogen-bond donors (Lipinski definition) is 2. The average molecular weight is 169 g/mol. The van der Waals surface area contributed by atoms with Crippen LogP contribution in [0.15, 0.2) is 30.6 Å². The normalized spacial score (nSPS) is 9.45. The van der Waals surface area contributed by atoms with E-state index in [1.165, 1.54) is 10.8 Å². The third-order valence-corrected chi connectivity index (χ3v) is 1.59. The summed E-state index contributed by atoms with van der Waals surface area (Å²) in [5.74, 6) is 0. The van der Waals surface area contributed by atoms with Gasteiger partial charge in [0.15, 0.2) is 0 Å². The number of H-pyrrole nitrogens is 1. The molecule has 3 heteroatoms. The summed E-state index contributed by atoms with van der Waals surface area (Å²) in [5, 5.41) is 2.37. The van der Waals surface area contributed by atoms with Gasteiger partial charge in [-0.25, -0.2) is 0 Å². The van der Waals surface area contributed by atoms with Crippen molar-refractivity contribution in [3.8, 4) is 0 Å². The van der Waals surface area contributed by atoms with Crippen LogP contribution in [0, 0.1) is 0 Å². The Bertz CT molecular complexity index is 354. The van der Waals surface area contributed by atoms with Crippen molar-refractivity contribution in [2.45, 2.75) is 0 Å². The molecule has 1 aromatic carbocycles. The van der Waals surface area contributed by atoms with E-state index in [1.54, 1.807) is 0 Å². The lowest BCUT2D eigenvalue weighted by Crippen LogP contribution is -1.80. The smallest absolute Gasteiger partial charge is 0.0320 e. The van der Waals surface area contributed by atoms with Crippen LogP contribution in [0.4, 0.5) is 5.69 Å². The Morgan fingerprint density at radius 2 is 1.82 bits per heavy atom. The molecular formula is C8H9ClN2. The molecule has 0 unspecified atom stereocenters. The topological polar surface area (TPSA) is 41.8 Å². The lowest BCUT2D eigenvalue weighted by Gasteiger charge is -1.90. The summed E-state index contributed by atoms with van der Waals surface area (Å²) in [6.45, 7) is 0. The number of nitrogens with one attached hydrogen (secondary N) is 1. The van der Waals surface area contributed by atoms with Crippen molar-refractivity contribution in [2.24, 2.45) is 0 Å². The highest BCUT2D eigenvalue weighted by molar-refractivity contribution is 5.85. The molecule has 0 saturated heterocycles. The van der Waals surface area contributed by atoms with Crippen molar-refractivity contribution in [1.82, 2.24) is 4.98 Å². The molecule has 1 heterocycles. The first-order valence-electron chi connectivity index (χ1n) is 3.18. The molecule has 3 N–H and O–H groups in total. The first kappa shape index (κ1) is 7.95. The maximum atomic E-state index is 5.57. The summed E-state index contributed by atoms with van der Waals surface area (Å²) in [4.78, 5) is 3.01. The van der Waals surface area contributed by atoms with E-state index in [4.69, 9.17) is 5.73 Å². The van der Waals surface area contributed by atoms with Gasteiger partial charge in [-0.15, -0.1) is 12.4 Å². The molecule has 0 atom stereocenters. The van der Waals surface area contributed by atoms with Gasteiger partial charge in [-0.2, -0.15) is 0 Å². The Kier molecular flexibility index (Phi) is 2.06. The number of hydrogen-bond acceptors (Lipinski definition) is 1. The van der Waals surface area contributed by atoms with E-state index >= 15 is 0 Å². The van der Waals surface area contributed by atoms with Crippen LogP contribution in [0.1, 0.15) is 0 Å². The number of rotatable bonds is 0. The Hall–Kier alpha value is -1.15. The molecule has 2 nitrogen and oxygen atoms in total. The Labute approximate surface area is 70.8 Å². The molecule has 2 rings (SSSR count). The molecule has 0 fully saturated rings. The Morgan fingerprint density at radius 1 is 1.09 bits per heavy atom. The lowest BCUT2D eigenvalue weighted by molar-refractivity contribution is 1.43. The number of aromatic nitrogens is 1. The highest BCUT2D eigenvalue weighted by Gasteiger charge is 1.91. The Morgan fingerprint density at radius 3 is 2.64 bits per heavy atom. The van der Waals surface area contributed by atoms with Gasteiger partial charge in [0, 0.05) is 23.5 Å². The van der Waals surface area contributed by atoms with Crippen molar-refractivity contribution in [3.63, 3.8) is 0 Å². The number of nitrogen functional groups attached to an aromatic ring is 1. The van der Waals surface area contributed by atoms with Crippen LogP contribution in [0.25, 0.3) is 10.8 Å². The monoisotopic (exact) mass is 168 g/mol. The minimum atomic E-state index is 0. The SMILES string of the molecule is Cl.Nc1ccc2c[nH]cc2c1. The molecule has 0 amide bonds. The lowest BCUT2D eigenvalue weighted by atomic mass is 10.2. The number of aromatic amines is 1. The second kappa shape index (κ2) is 2.84. The summed E-state index contributed by atoms with van der Waals surface area (Å²) < 4.78 is 0. The van der Waals surface area contributed by atoms with Gasteiger partial charge < -0.3 is 10.7 Å². The molecule has 0 saturated carbocycles. The Balaban J connectivity index is 0.000000605. The number of nitrogens with two attached hydrogens (primary N) is 1. The first-order chi connectivity index (χ1) is 4.86. The van der Waals surface area contributed by atoms with Crippen LogP contribution in [0.2, 0.25) is 0 Å². The van der Waals surface area contributed by atoms with Gasteiger partial charge in [0.25, 0.3) is 0 Å². The highest BCUT2D eigenvalue weighted by Crippen LogP contribution is 2.15. The molecule has 0 radical (unpaired) electrons. The number of benzene rings is 1. The third-order valence-electron chi connectivity index (χ3n) is 1.59. The first-order valence-corrected chi connectivity index (χ1v) is 3.18.